The monoisotopic (exact) mass is 496 g/mol. The van der Waals surface area contributed by atoms with Gasteiger partial charge in [0.1, 0.15) is 12.3 Å². The lowest BCUT2D eigenvalue weighted by atomic mass is 10.1. The molecule has 0 heterocycles. The zero-order valence-electron chi connectivity index (χ0n) is 19.8. The Morgan fingerprint density at radius 1 is 1.00 bits per heavy atom. The number of rotatable bonds is 10. The molecule has 0 radical (unpaired) electrons. The van der Waals surface area contributed by atoms with E-state index in [1.807, 2.05) is 44.2 Å². The summed E-state index contributed by atoms with van der Waals surface area (Å²) in [6.45, 7) is 3.23. The molecule has 2 amide bonds. The van der Waals surface area contributed by atoms with Gasteiger partial charge in [-0.15, -0.1) is 0 Å². The lowest BCUT2D eigenvalue weighted by molar-refractivity contribution is -0.123. The molecule has 3 aromatic rings. The normalized spacial score (nSPS) is 11.5. The third kappa shape index (κ3) is 7.54. The van der Waals surface area contributed by atoms with E-state index in [1.165, 1.54) is 6.21 Å². The number of nitrogens with zero attached hydrogens (tertiary/aromatic N) is 2. The highest BCUT2D eigenvalue weighted by molar-refractivity contribution is 7.92. The molecule has 0 spiro atoms. The maximum atomic E-state index is 12.5. The summed E-state index contributed by atoms with van der Waals surface area (Å²) in [7, 11) is -3.73. The van der Waals surface area contributed by atoms with Crippen molar-refractivity contribution >= 4 is 44.5 Å². The number of anilines is 1. The molecule has 0 aromatic heterocycles. The third-order valence-electron chi connectivity index (χ3n) is 4.83. The van der Waals surface area contributed by atoms with Gasteiger partial charge in [0.15, 0.2) is 6.61 Å². The van der Waals surface area contributed by atoms with Crippen molar-refractivity contribution in [1.29, 1.82) is 0 Å². The first kappa shape index (κ1) is 25.7. The Bertz CT molecular complexity index is 1320. The van der Waals surface area contributed by atoms with E-state index in [0.29, 0.717) is 17.0 Å². The number of benzene rings is 3. The van der Waals surface area contributed by atoms with Crippen LogP contribution >= 0.6 is 0 Å². The highest BCUT2D eigenvalue weighted by Crippen LogP contribution is 2.28. The highest BCUT2D eigenvalue weighted by Gasteiger charge is 2.22. The Kier molecular flexibility index (Phi) is 8.43. The van der Waals surface area contributed by atoms with Crippen LogP contribution in [0.25, 0.3) is 10.8 Å². The molecule has 0 fully saturated rings. The number of hydrazone groups is 1. The van der Waals surface area contributed by atoms with E-state index >= 15 is 0 Å². The maximum Gasteiger partial charge on any atom is 0.260 e. The second-order valence-electron chi connectivity index (χ2n) is 8.14. The molecule has 0 atom stereocenters. The summed E-state index contributed by atoms with van der Waals surface area (Å²) in [6.07, 6.45) is 2.48. The second kappa shape index (κ2) is 11.5. The lowest BCUT2D eigenvalue weighted by Crippen LogP contribution is -2.39. The summed E-state index contributed by atoms with van der Waals surface area (Å²) in [4.78, 5) is 24.1. The van der Waals surface area contributed by atoms with Crippen molar-refractivity contribution in [3.8, 4) is 5.75 Å². The Labute approximate surface area is 204 Å². The zero-order valence-corrected chi connectivity index (χ0v) is 20.6. The smallest absolute Gasteiger partial charge is 0.260 e. The molecule has 3 rings (SSSR count). The summed E-state index contributed by atoms with van der Waals surface area (Å²) >= 11 is 0. The number of amides is 2. The first-order valence-electron chi connectivity index (χ1n) is 10.9. The van der Waals surface area contributed by atoms with Gasteiger partial charge in [-0.3, -0.25) is 13.9 Å². The molecular formula is C25H28N4O5S. The van der Waals surface area contributed by atoms with Gasteiger partial charge in [0.05, 0.1) is 18.2 Å². The van der Waals surface area contributed by atoms with E-state index in [2.05, 4.69) is 15.8 Å². The van der Waals surface area contributed by atoms with E-state index in [0.717, 1.165) is 21.3 Å². The van der Waals surface area contributed by atoms with Gasteiger partial charge in [-0.25, -0.2) is 13.8 Å². The predicted octanol–water partition coefficient (Wildman–Crippen LogP) is 2.66. The van der Waals surface area contributed by atoms with Gasteiger partial charge in [-0.2, -0.15) is 5.10 Å². The van der Waals surface area contributed by atoms with Crippen LogP contribution in [0.4, 0.5) is 5.69 Å². The SMILES string of the molecule is CC(C)NC(=O)COc1ccc(/C=N/NC(=O)CN(c2cccc3ccccc23)S(C)(=O)=O)cc1. The molecule has 0 aliphatic heterocycles. The number of sulfonamides is 1. The average Bonchev–Trinajstić information content (AvgIpc) is 2.80. The van der Waals surface area contributed by atoms with Crippen LogP contribution in [0.3, 0.4) is 0 Å². The van der Waals surface area contributed by atoms with E-state index < -0.39 is 22.5 Å². The van der Waals surface area contributed by atoms with Gasteiger partial charge in [0.25, 0.3) is 11.8 Å². The summed E-state index contributed by atoms with van der Waals surface area (Å²) in [5.74, 6) is -0.278. The van der Waals surface area contributed by atoms with Crippen LogP contribution in [-0.4, -0.2) is 51.9 Å². The van der Waals surface area contributed by atoms with E-state index in [1.54, 1.807) is 36.4 Å². The third-order valence-corrected chi connectivity index (χ3v) is 5.95. The van der Waals surface area contributed by atoms with Crippen molar-refractivity contribution in [1.82, 2.24) is 10.7 Å². The quantitative estimate of drug-likeness (QED) is 0.331. The molecule has 0 unspecified atom stereocenters. The molecule has 35 heavy (non-hydrogen) atoms. The van der Waals surface area contributed by atoms with Crippen molar-refractivity contribution in [2.24, 2.45) is 5.10 Å². The first-order valence-corrected chi connectivity index (χ1v) is 12.8. The Morgan fingerprint density at radius 3 is 2.37 bits per heavy atom. The number of ether oxygens (including phenoxy) is 1. The predicted molar refractivity (Wildman–Crippen MR) is 137 cm³/mol. The van der Waals surface area contributed by atoms with Gasteiger partial charge < -0.3 is 10.1 Å². The van der Waals surface area contributed by atoms with Crippen LogP contribution in [0.1, 0.15) is 19.4 Å². The molecule has 0 saturated carbocycles. The van der Waals surface area contributed by atoms with Gasteiger partial charge in [0, 0.05) is 11.4 Å². The Morgan fingerprint density at radius 2 is 1.69 bits per heavy atom. The van der Waals surface area contributed by atoms with Crippen molar-refractivity contribution in [2.75, 3.05) is 23.7 Å². The standard InChI is InChI=1S/C25H28N4O5S/c1-18(2)27-25(31)17-34-21-13-11-19(12-14-21)15-26-28-24(30)16-29(35(3,32)33)23-10-6-8-20-7-4-5-9-22(20)23/h4-15,18H,16-17H2,1-3H3,(H,27,31)(H,28,30)/b26-15+. The fourth-order valence-corrected chi connectivity index (χ4v) is 4.18. The fourth-order valence-electron chi connectivity index (χ4n) is 3.31. The molecule has 0 aliphatic carbocycles. The minimum Gasteiger partial charge on any atom is -0.484 e. The van der Waals surface area contributed by atoms with Crippen LogP contribution in [0.5, 0.6) is 5.75 Å². The van der Waals surface area contributed by atoms with E-state index in [9.17, 15) is 18.0 Å². The van der Waals surface area contributed by atoms with E-state index in [-0.39, 0.29) is 18.6 Å². The number of nitrogens with one attached hydrogen (secondary N) is 2. The van der Waals surface area contributed by atoms with E-state index in [4.69, 9.17) is 4.74 Å². The van der Waals surface area contributed by atoms with Gasteiger partial charge in [0.2, 0.25) is 10.0 Å². The van der Waals surface area contributed by atoms with Crippen LogP contribution in [-0.2, 0) is 19.6 Å². The number of carbonyl (C=O) groups is 2. The number of hydrogen-bond acceptors (Lipinski definition) is 6. The minimum atomic E-state index is -3.73. The minimum absolute atomic E-state index is 0.0384. The molecular weight excluding hydrogens is 468 g/mol. The largest absolute Gasteiger partial charge is 0.484 e. The molecule has 0 aliphatic rings. The molecule has 3 aromatic carbocycles. The summed E-state index contributed by atoms with van der Waals surface area (Å²) in [5.41, 5.74) is 3.46. The van der Waals surface area contributed by atoms with Crippen LogP contribution in [0.2, 0.25) is 0 Å². The maximum absolute atomic E-state index is 12.5. The summed E-state index contributed by atoms with van der Waals surface area (Å²) < 4.78 is 31.4. The van der Waals surface area contributed by atoms with Gasteiger partial charge in [-0.05, 0) is 55.1 Å². The molecule has 2 N–H and O–H groups in total. The van der Waals surface area contributed by atoms with Crippen LogP contribution < -0.4 is 19.8 Å². The molecule has 184 valence electrons. The van der Waals surface area contributed by atoms with Crippen molar-refractivity contribution in [3.63, 3.8) is 0 Å². The van der Waals surface area contributed by atoms with Crippen molar-refractivity contribution in [3.05, 3.63) is 72.3 Å². The fraction of sp³-hybridized carbons (Fsp3) is 0.240. The molecule has 0 bridgehead atoms. The molecule has 9 nitrogen and oxygen atoms in total. The van der Waals surface area contributed by atoms with Crippen LogP contribution in [0, 0.1) is 0 Å². The highest BCUT2D eigenvalue weighted by atomic mass is 32.2. The van der Waals surface area contributed by atoms with Crippen LogP contribution in [0.15, 0.2) is 71.8 Å². The number of hydrogen-bond donors (Lipinski definition) is 2. The molecule has 0 saturated heterocycles. The zero-order chi connectivity index (χ0) is 25.4. The topological polar surface area (TPSA) is 117 Å². The average molecular weight is 497 g/mol. The first-order chi connectivity index (χ1) is 16.6. The second-order valence-corrected chi connectivity index (χ2v) is 10.0. The Hall–Kier alpha value is -3.92. The number of fused-ring (bicyclic) bond motifs is 1. The summed E-state index contributed by atoms with van der Waals surface area (Å²) in [6, 6.07) is 19.5. The Balaban J connectivity index is 1.61. The lowest BCUT2D eigenvalue weighted by Gasteiger charge is -2.23. The van der Waals surface area contributed by atoms with Crippen molar-refractivity contribution < 1.29 is 22.7 Å². The summed E-state index contributed by atoms with van der Waals surface area (Å²) in [5, 5.41) is 8.25. The van der Waals surface area contributed by atoms with Crippen molar-refractivity contribution in [2.45, 2.75) is 19.9 Å². The van der Waals surface area contributed by atoms with Gasteiger partial charge >= 0.3 is 0 Å². The van der Waals surface area contributed by atoms with Gasteiger partial charge in [-0.1, -0.05) is 36.4 Å². The molecule has 10 heteroatoms. The number of carbonyl (C=O) groups excluding carboxylic acids is 2.